The minimum atomic E-state index is -0.839. The van der Waals surface area contributed by atoms with Crippen molar-refractivity contribution in [3.63, 3.8) is 0 Å². The molecule has 0 bridgehead atoms. The highest BCUT2D eigenvalue weighted by atomic mass is 16.5. The van der Waals surface area contributed by atoms with Crippen LogP contribution in [0.3, 0.4) is 0 Å². The van der Waals surface area contributed by atoms with Crippen molar-refractivity contribution in [3.8, 4) is 11.5 Å². The molecular formula is C29H42O4. The van der Waals surface area contributed by atoms with Gasteiger partial charge in [-0.15, -0.1) is 0 Å². The van der Waals surface area contributed by atoms with Crippen molar-refractivity contribution in [2.45, 2.75) is 105 Å². The summed E-state index contributed by atoms with van der Waals surface area (Å²) in [6, 6.07) is 0. The van der Waals surface area contributed by atoms with Crippen molar-refractivity contribution in [1.82, 2.24) is 0 Å². The Bertz CT molecular complexity index is 965. The standard InChI is InChI=1S/C29H42O4/c1-19(13-9-15-21(3)28(31)32)11-8-12-20(2)14-10-17-29(7)18-16-25-24(6)26(30)22(4)23(5)27(25)33-29/h11,14-15,30H,8-10,12-13,16-18H2,1-7H3,(H,31,32)/b19-11+,20-14+,21-15+. The largest absolute Gasteiger partial charge is 0.507 e. The Morgan fingerprint density at radius 2 is 1.52 bits per heavy atom. The number of carboxylic acid groups (broad SMARTS) is 1. The summed E-state index contributed by atoms with van der Waals surface area (Å²) < 4.78 is 6.54. The molecule has 0 saturated carbocycles. The molecule has 1 aliphatic rings. The van der Waals surface area contributed by atoms with E-state index in [1.165, 1.54) is 11.1 Å². The van der Waals surface area contributed by atoms with Crippen molar-refractivity contribution in [1.29, 1.82) is 0 Å². The number of benzene rings is 1. The second-order valence-electron chi connectivity index (χ2n) is 9.99. The van der Waals surface area contributed by atoms with Gasteiger partial charge in [0, 0.05) is 11.1 Å². The van der Waals surface area contributed by atoms with Crippen LogP contribution in [-0.2, 0) is 11.2 Å². The maximum atomic E-state index is 10.8. The zero-order valence-electron chi connectivity index (χ0n) is 21.6. The average molecular weight is 455 g/mol. The number of phenolic OH excluding ortho intramolecular Hbond substituents is 1. The van der Waals surface area contributed by atoms with E-state index >= 15 is 0 Å². The van der Waals surface area contributed by atoms with Gasteiger partial charge in [0.2, 0.25) is 0 Å². The third kappa shape index (κ3) is 7.25. The first-order valence-corrected chi connectivity index (χ1v) is 12.2. The molecule has 0 fully saturated rings. The maximum Gasteiger partial charge on any atom is 0.330 e. The molecule has 4 nitrogen and oxygen atoms in total. The SMILES string of the molecule is C/C(=C\CC/C(C)=C/CCC1(C)CCc2c(C)c(O)c(C)c(C)c2O1)CC/C=C(\C)C(=O)O. The first-order chi connectivity index (χ1) is 15.4. The summed E-state index contributed by atoms with van der Waals surface area (Å²) in [5.41, 5.74) is 7.04. The molecule has 4 heteroatoms. The lowest BCUT2D eigenvalue weighted by Crippen LogP contribution is -2.37. The molecule has 1 aromatic rings. The Morgan fingerprint density at radius 3 is 2.12 bits per heavy atom. The van der Waals surface area contributed by atoms with E-state index in [2.05, 4.69) is 32.9 Å². The Balaban J connectivity index is 1.85. The number of ether oxygens (including phenoxy) is 1. The third-order valence-corrected chi connectivity index (χ3v) is 7.12. The second kappa shape index (κ2) is 11.6. The molecule has 0 aromatic heterocycles. The number of carboxylic acids is 1. The maximum absolute atomic E-state index is 10.8. The van der Waals surface area contributed by atoms with Crippen LogP contribution in [0.1, 0.15) is 94.9 Å². The number of carbonyl (C=O) groups is 1. The average Bonchev–Trinajstić information content (AvgIpc) is 2.76. The number of hydrogen-bond donors (Lipinski definition) is 2. The monoisotopic (exact) mass is 454 g/mol. The lowest BCUT2D eigenvalue weighted by Gasteiger charge is -2.38. The van der Waals surface area contributed by atoms with Gasteiger partial charge in [0.15, 0.2) is 0 Å². The van der Waals surface area contributed by atoms with Gasteiger partial charge in [-0.2, -0.15) is 0 Å². The molecule has 1 aromatic carbocycles. The zero-order chi connectivity index (χ0) is 24.8. The fraction of sp³-hybridized carbons (Fsp3) is 0.552. The van der Waals surface area contributed by atoms with Crippen LogP contribution in [0.4, 0.5) is 0 Å². The Labute approximate surface area is 200 Å². The quantitative estimate of drug-likeness (QED) is 0.281. The highest BCUT2D eigenvalue weighted by molar-refractivity contribution is 5.85. The molecule has 0 radical (unpaired) electrons. The van der Waals surface area contributed by atoms with Crippen molar-refractivity contribution in [2.75, 3.05) is 0 Å². The van der Waals surface area contributed by atoms with Gasteiger partial charge in [0.05, 0.1) is 0 Å². The van der Waals surface area contributed by atoms with E-state index in [-0.39, 0.29) is 5.60 Å². The topological polar surface area (TPSA) is 66.8 Å². The molecule has 2 rings (SSSR count). The van der Waals surface area contributed by atoms with Crippen molar-refractivity contribution >= 4 is 5.97 Å². The van der Waals surface area contributed by atoms with Crippen LogP contribution in [0, 0.1) is 20.8 Å². The number of hydrogen-bond acceptors (Lipinski definition) is 3. The Hall–Kier alpha value is -2.49. The summed E-state index contributed by atoms with van der Waals surface area (Å²) in [6.45, 7) is 14.2. The number of allylic oxidation sites excluding steroid dienone is 5. The van der Waals surface area contributed by atoms with Gasteiger partial charge in [0.25, 0.3) is 0 Å². The third-order valence-electron chi connectivity index (χ3n) is 7.12. The van der Waals surface area contributed by atoms with Crippen LogP contribution in [0.5, 0.6) is 11.5 Å². The fourth-order valence-electron chi connectivity index (χ4n) is 4.45. The molecule has 1 unspecified atom stereocenters. The molecule has 0 spiro atoms. The first-order valence-electron chi connectivity index (χ1n) is 12.2. The van der Waals surface area contributed by atoms with Gasteiger partial charge in [-0.1, -0.05) is 29.4 Å². The van der Waals surface area contributed by atoms with E-state index in [0.717, 1.165) is 79.4 Å². The molecule has 33 heavy (non-hydrogen) atoms. The van der Waals surface area contributed by atoms with Crippen LogP contribution in [0.2, 0.25) is 0 Å². The molecule has 1 aliphatic heterocycles. The Morgan fingerprint density at radius 1 is 0.939 bits per heavy atom. The summed E-state index contributed by atoms with van der Waals surface area (Å²) in [6.07, 6.45) is 14.0. The highest BCUT2D eigenvalue weighted by Gasteiger charge is 2.33. The van der Waals surface area contributed by atoms with Crippen molar-refractivity contribution in [2.24, 2.45) is 0 Å². The summed E-state index contributed by atoms with van der Waals surface area (Å²) >= 11 is 0. The molecule has 1 heterocycles. The molecular weight excluding hydrogens is 412 g/mol. The summed E-state index contributed by atoms with van der Waals surface area (Å²) in [4.78, 5) is 10.8. The van der Waals surface area contributed by atoms with E-state index in [4.69, 9.17) is 9.84 Å². The van der Waals surface area contributed by atoms with Gasteiger partial charge in [-0.25, -0.2) is 4.79 Å². The van der Waals surface area contributed by atoms with Gasteiger partial charge in [-0.05, 0) is 117 Å². The van der Waals surface area contributed by atoms with E-state index in [1.807, 2.05) is 20.8 Å². The minimum Gasteiger partial charge on any atom is -0.507 e. The smallest absolute Gasteiger partial charge is 0.330 e. The summed E-state index contributed by atoms with van der Waals surface area (Å²) in [7, 11) is 0. The van der Waals surface area contributed by atoms with Crippen LogP contribution < -0.4 is 4.74 Å². The first kappa shape index (κ1) is 26.8. The number of aromatic hydroxyl groups is 1. The predicted molar refractivity (Wildman–Crippen MR) is 136 cm³/mol. The molecule has 2 N–H and O–H groups in total. The van der Waals surface area contributed by atoms with Crippen molar-refractivity contribution in [3.05, 3.63) is 57.2 Å². The van der Waals surface area contributed by atoms with Gasteiger partial charge < -0.3 is 14.9 Å². The Kier molecular flexibility index (Phi) is 9.39. The van der Waals surface area contributed by atoms with Gasteiger partial charge >= 0.3 is 5.97 Å². The highest BCUT2D eigenvalue weighted by Crippen LogP contribution is 2.44. The van der Waals surface area contributed by atoms with Crippen LogP contribution >= 0.6 is 0 Å². The van der Waals surface area contributed by atoms with E-state index in [0.29, 0.717) is 11.3 Å². The van der Waals surface area contributed by atoms with E-state index in [9.17, 15) is 9.90 Å². The molecule has 1 atom stereocenters. The van der Waals surface area contributed by atoms with Crippen LogP contribution in [0.25, 0.3) is 0 Å². The number of rotatable bonds is 10. The number of phenols is 1. The van der Waals surface area contributed by atoms with E-state index in [1.54, 1.807) is 13.0 Å². The number of fused-ring (bicyclic) bond motifs is 1. The lowest BCUT2D eigenvalue weighted by molar-refractivity contribution is -0.132. The molecule has 0 amide bonds. The predicted octanol–water partition coefficient (Wildman–Crippen LogP) is 7.67. The zero-order valence-corrected chi connectivity index (χ0v) is 21.6. The van der Waals surface area contributed by atoms with Crippen molar-refractivity contribution < 1.29 is 19.7 Å². The number of aliphatic carboxylic acids is 1. The van der Waals surface area contributed by atoms with E-state index < -0.39 is 5.97 Å². The van der Waals surface area contributed by atoms with Crippen LogP contribution in [-0.4, -0.2) is 21.8 Å². The van der Waals surface area contributed by atoms with Gasteiger partial charge in [0.1, 0.15) is 17.1 Å². The summed E-state index contributed by atoms with van der Waals surface area (Å²) in [5.74, 6) is 0.549. The second-order valence-corrected chi connectivity index (χ2v) is 9.99. The molecule has 182 valence electrons. The molecule has 0 saturated heterocycles. The van der Waals surface area contributed by atoms with Crippen LogP contribution in [0.15, 0.2) is 34.9 Å². The van der Waals surface area contributed by atoms with Gasteiger partial charge in [-0.3, -0.25) is 0 Å². The minimum absolute atomic E-state index is 0.178. The lowest BCUT2D eigenvalue weighted by atomic mass is 9.85. The summed E-state index contributed by atoms with van der Waals surface area (Å²) in [5, 5.41) is 19.3. The normalized spacial score (nSPS) is 19.3. The fourth-order valence-corrected chi connectivity index (χ4v) is 4.45. The molecule has 0 aliphatic carbocycles.